The number of halogens is 3. The lowest BCUT2D eigenvalue weighted by Gasteiger charge is -2.13. The third-order valence-electron chi connectivity index (χ3n) is 2.11. The van der Waals surface area contributed by atoms with Gasteiger partial charge < -0.3 is 10.8 Å². The number of alkyl halides is 1. The molecule has 0 spiro atoms. The monoisotopic (exact) mass is 253 g/mol. The van der Waals surface area contributed by atoms with E-state index >= 15 is 0 Å². The fourth-order valence-electron chi connectivity index (χ4n) is 1.32. The molecule has 0 fully saturated rings. The average molecular weight is 254 g/mol. The largest absolute Gasteiger partial charge is 0.507 e. The van der Waals surface area contributed by atoms with Gasteiger partial charge in [0.1, 0.15) is 5.75 Å². The van der Waals surface area contributed by atoms with Crippen LogP contribution in [-0.4, -0.2) is 11.8 Å². The van der Waals surface area contributed by atoms with Gasteiger partial charge in [0.2, 0.25) is 0 Å². The molecule has 0 saturated heterocycles. The van der Waals surface area contributed by atoms with Gasteiger partial charge in [-0.05, 0) is 31.0 Å². The van der Waals surface area contributed by atoms with Gasteiger partial charge in [-0.15, -0.1) is 12.4 Å². The van der Waals surface area contributed by atoms with Crippen molar-refractivity contribution in [2.75, 3.05) is 6.67 Å². The molecule has 86 valence electrons. The third-order valence-corrected chi connectivity index (χ3v) is 2.33. The highest BCUT2D eigenvalue weighted by molar-refractivity contribution is 6.30. The smallest absolute Gasteiger partial charge is 0.123 e. The van der Waals surface area contributed by atoms with Crippen molar-refractivity contribution in [2.24, 2.45) is 5.73 Å². The van der Waals surface area contributed by atoms with Crippen LogP contribution in [0.5, 0.6) is 5.75 Å². The Labute approximate surface area is 99.6 Å². The van der Waals surface area contributed by atoms with Crippen LogP contribution in [-0.2, 0) is 0 Å². The molecule has 1 aromatic rings. The van der Waals surface area contributed by atoms with Gasteiger partial charge in [0.25, 0.3) is 0 Å². The number of rotatable bonds is 3. The van der Waals surface area contributed by atoms with Crippen molar-refractivity contribution in [3.8, 4) is 5.75 Å². The standard InChI is InChI=1S/C10H13ClFNO.ClH/c1-6-4-7(11)5-8(10(6)14)9(13)2-3-12;/h4-5,9,14H,2-3,13H2,1H3;1H/t9-;/m0./s1. The molecule has 1 rings (SSSR count). The fraction of sp³-hybridized carbons (Fsp3) is 0.400. The van der Waals surface area contributed by atoms with Crippen molar-refractivity contribution in [1.82, 2.24) is 0 Å². The molecule has 2 nitrogen and oxygen atoms in total. The molecule has 5 heteroatoms. The van der Waals surface area contributed by atoms with Crippen molar-refractivity contribution < 1.29 is 9.50 Å². The van der Waals surface area contributed by atoms with E-state index in [1.54, 1.807) is 19.1 Å². The third kappa shape index (κ3) is 3.52. The first-order valence-corrected chi connectivity index (χ1v) is 4.74. The normalized spacial score (nSPS) is 12.0. The van der Waals surface area contributed by atoms with Crippen LogP contribution in [0.3, 0.4) is 0 Å². The molecule has 0 aromatic heterocycles. The van der Waals surface area contributed by atoms with E-state index in [0.29, 0.717) is 16.1 Å². The van der Waals surface area contributed by atoms with Crippen LogP contribution < -0.4 is 5.73 Å². The number of aryl methyl sites for hydroxylation is 1. The zero-order valence-corrected chi connectivity index (χ0v) is 9.91. The van der Waals surface area contributed by atoms with Crippen LogP contribution in [0.15, 0.2) is 12.1 Å². The number of aromatic hydroxyl groups is 1. The summed E-state index contributed by atoms with van der Waals surface area (Å²) in [5.74, 6) is 0.107. The summed E-state index contributed by atoms with van der Waals surface area (Å²) in [7, 11) is 0. The predicted molar refractivity (Wildman–Crippen MR) is 62.6 cm³/mol. The molecule has 1 aromatic carbocycles. The zero-order valence-electron chi connectivity index (χ0n) is 8.34. The lowest BCUT2D eigenvalue weighted by atomic mass is 10.0. The first-order valence-electron chi connectivity index (χ1n) is 4.36. The minimum Gasteiger partial charge on any atom is -0.507 e. The van der Waals surface area contributed by atoms with E-state index in [2.05, 4.69) is 0 Å². The fourth-order valence-corrected chi connectivity index (χ4v) is 1.60. The minimum atomic E-state index is -0.508. The second-order valence-electron chi connectivity index (χ2n) is 3.24. The van der Waals surface area contributed by atoms with Gasteiger partial charge in [-0.2, -0.15) is 0 Å². The lowest BCUT2D eigenvalue weighted by Crippen LogP contribution is -2.11. The van der Waals surface area contributed by atoms with Gasteiger partial charge in [-0.3, -0.25) is 4.39 Å². The van der Waals surface area contributed by atoms with Crippen LogP contribution in [0.4, 0.5) is 4.39 Å². The Bertz CT molecular complexity index is 333. The van der Waals surface area contributed by atoms with Crippen LogP contribution in [0.25, 0.3) is 0 Å². The highest BCUT2D eigenvalue weighted by atomic mass is 35.5. The van der Waals surface area contributed by atoms with E-state index in [0.717, 1.165) is 0 Å². The number of hydrogen-bond acceptors (Lipinski definition) is 2. The maximum atomic E-state index is 12.1. The zero-order chi connectivity index (χ0) is 10.7. The lowest BCUT2D eigenvalue weighted by molar-refractivity contribution is 0.423. The number of phenolic OH excluding ortho intramolecular Hbond substituents is 1. The van der Waals surface area contributed by atoms with E-state index in [1.165, 1.54) is 0 Å². The van der Waals surface area contributed by atoms with Gasteiger partial charge in [-0.25, -0.2) is 0 Å². The Kier molecular flexibility index (Phi) is 5.95. The maximum Gasteiger partial charge on any atom is 0.123 e. The first kappa shape index (κ1) is 14.5. The molecule has 0 radical (unpaired) electrons. The van der Waals surface area contributed by atoms with Gasteiger partial charge in [-0.1, -0.05) is 11.6 Å². The van der Waals surface area contributed by atoms with Crippen LogP contribution >= 0.6 is 24.0 Å². The summed E-state index contributed by atoms with van der Waals surface area (Å²) in [6.45, 7) is 1.22. The van der Waals surface area contributed by atoms with Crippen LogP contribution in [0, 0.1) is 6.92 Å². The van der Waals surface area contributed by atoms with Crippen molar-refractivity contribution in [3.05, 3.63) is 28.3 Å². The quantitative estimate of drug-likeness (QED) is 0.870. The summed E-state index contributed by atoms with van der Waals surface area (Å²) in [6.07, 6.45) is 0.188. The van der Waals surface area contributed by atoms with Crippen molar-refractivity contribution in [3.63, 3.8) is 0 Å². The highest BCUT2D eigenvalue weighted by Gasteiger charge is 2.13. The summed E-state index contributed by atoms with van der Waals surface area (Å²) < 4.78 is 12.1. The molecule has 15 heavy (non-hydrogen) atoms. The second-order valence-corrected chi connectivity index (χ2v) is 3.68. The molecule has 0 bridgehead atoms. The average Bonchev–Trinajstić information content (AvgIpc) is 2.11. The van der Waals surface area contributed by atoms with E-state index in [4.69, 9.17) is 17.3 Å². The molecular weight excluding hydrogens is 240 g/mol. The van der Waals surface area contributed by atoms with Gasteiger partial charge >= 0.3 is 0 Å². The summed E-state index contributed by atoms with van der Waals surface area (Å²) in [6, 6.07) is 2.71. The summed E-state index contributed by atoms with van der Waals surface area (Å²) in [5, 5.41) is 10.2. The Morgan fingerprint density at radius 1 is 1.53 bits per heavy atom. The summed E-state index contributed by atoms with van der Waals surface area (Å²) in [5.41, 5.74) is 6.85. The summed E-state index contributed by atoms with van der Waals surface area (Å²) >= 11 is 5.81. The summed E-state index contributed by atoms with van der Waals surface area (Å²) in [4.78, 5) is 0. The molecule has 0 heterocycles. The van der Waals surface area contributed by atoms with E-state index in [1.807, 2.05) is 0 Å². The topological polar surface area (TPSA) is 46.2 Å². The Balaban J connectivity index is 0.00000196. The predicted octanol–water partition coefficient (Wildman–Crippen LogP) is 3.14. The number of benzene rings is 1. The molecule has 3 N–H and O–H groups in total. The van der Waals surface area contributed by atoms with Gasteiger partial charge in [0.15, 0.2) is 0 Å². The second kappa shape index (κ2) is 6.16. The molecule has 0 unspecified atom stereocenters. The Hall–Kier alpha value is -0.510. The molecule has 0 amide bonds. The van der Waals surface area contributed by atoms with E-state index in [9.17, 15) is 9.50 Å². The van der Waals surface area contributed by atoms with E-state index < -0.39 is 12.7 Å². The van der Waals surface area contributed by atoms with E-state index in [-0.39, 0.29) is 24.6 Å². The van der Waals surface area contributed by atoms with Crippen molar-refractivity contribution in [1.29, 1.82) is 0 Å². The Morgan fingerprint density at radius 3 is 2.67 bits per heavy atom. The molecule has 1 atom stereocenters. The number of nitrogens with two attached hydrogens (primary N) is 1. The molecule has 0 aliphatic heterocycles. The minimum absolute atomic E-state index is 0. The highest BCUT2D eigenvalue weighted by Crippen LogP contribution is 2.31. The Morgan fingerprint density at radius 2 is 2.13 bits per heavy atom. The maximum absolute atomic E-state index is 12.1. The van der Waals surface area contributed by atoms with Gasteiger partial charge in [0, 0.05) is 16.6 Å². The van der Waals surface area contributed by atoms with Crippen molar-refractivity contribution in [2.45, 2.75) is 19.4 Å². The number of hydrogen-bond donors (Lipinski definition) is 2. The number of phenols is 1. The van der Waals surface area contributed by atoms with Gasteiger partial charge in [0.05, 0.1) is 6.67 Å². The molecule has 0 saturated carbocycles. The van der Waals surface area contributed by atoms with Crippen LogP contribution in [0.2, 0.25) is 5.02 Å². The molecule has 0 aliphatic rings. The molecule has 0 aliphatic carbocycles. The first-order chi connectivity index (χ1) is 6.56. The van der Waals surface area contributed by atoms with Crippen molar-refractivity contribution >= 4 is 24.0 Å². The SMILES string of the molecule is Cc1cc(Cl)cc([C@@H](N)CCF)c1O.Cl. The molecular formula is C10H14Cl2FNO. The van der Waals surface area contributed by atoms with Crippen LogP contribution in [0.1, 0.15) is 23.6 Å².